The Hall–Kier alpha value is -2.56. The number of benzene rings is 1. The van der Waals surface area contributed by atoms with Gasteiger partial charge in [-0.15, -0.1) is 0 Å². The molecule has 0 spiro atoms. The number of nitrogens with one attached hydrogen (secondary N) is 1. The van der Waals surface area contributed by atoms with Crippen LogP contribution in [-0.4, -0.2) is 24.5 Å². The first-order valence-corrected chi connectivity index (χ1v) is 8.78. The topological polar surface area (TPSA) is 68.5 Å². The number of rotatable bonds is 6. The Kier molecular flexibility index (Phi) is 5.53. The first kappa shape index (κ1) is 17.3. The van der Waals surface area contributed by atoms with E-state index in [1.54, 1.807) is 19.1 Å². The number of carbonyl (C=O) groups is 2. The molecular weight excluding hydrogens is 318 g/mol. The molecule has 0 bridgehead atoms. The Morgan fingerprint density at radius 2 is 2.12 bits per heavy atom. The molecule has 5 heteroatoms. The van der Waals surface area contributed by atoms with Crippen LogP contribution in [0.3, 0.4) is 0 Å². The van der Waals surface area contributed by atoms with Gasteiger partial charge in [0.25, 0.3) is 5.91 Å². The number of amides is 1. The van der Waals surface area contributed by atoms with Gasteiger partial charge in [0, 0.05) is 11.9 Å². The molecule has 25 heavy (non-hydrogen) atoms. The predicted octanol–water partition coefficient (Wildman–Crippen LogP) is 3.98. The molecule has 1 amide bonds. The number of esters is 1. The average molecular weight is 341 g/mol. The van der Waals surface area contributed by atoms with E-state index in [2.05, 4.69) is 11.4 Å². The van der Waals surface area contributed by atoms with Crippen LogP contribution in [0.2, 0.25) is 0 Å². The zero-order valence-electron chi connectivity index (χ0n) is 14.4. The first-order valence-electron chi connectivity index (χ1n) is 8.78. The van der Waals surface area contributed by atoms with Gasteiger partial charge in [0.15, 0.2) is 6.10 Å². The normalized spacial score (nSPS) is 15.5. The summed E-state index contributed by atoms with van der Waals surface area (Å²) in [6, 6.07) is 8.95. The maximum atomic E-state index is 12.1. The van der Waals surface area contributed by atoms with Gasteiger partial charge in [0.2, 0.25) is 5.76 Å². The minimum absolute atomic E-state index is 0.105. The monoisotopic (exact) mass is 341 g/mol. The highest BCUT2D eigenvalue weighted by Gasteiger charge is 2.21. The van der Waals surface area contributed by atoms with Crippen molar-refractivity contribution in [1.29, 1.82) is 0 Å². The molecule has 1 aliphatic rings. The lowest BCUT2D eigenvalue weighted by atomic mass is 9.97. The number of furan rings is 1. The van der Waals surface area contributed by atoms with Crippen LogP contribution >= 0.6 is 0 Å². The second-order valence-corrected chi connectivity index (χ2v) is 6.35. The highest BCUT2D eigenvalue weighted by Crippen LogP contribution is 2.20. The summed E-state index contributed by atoms with van der Waals surface area (Å²) in [6.45, 7) is 2.13. The third-order valence-electron chi connectivity index (χ3n) is 4.41. The number of hydrogen-bond donors (Lipinski definition) is 1. The summed E-state index contributed by atoms with van der Waals surface area (Å²) >= 11 is 0. The average Bonchev–Trinajstić information content (AvgIpc) is 3.07. The van der Waals surface area contributed by atoms with Gasteiger partial charge in [-0.1, -0.05) is 29.8 Å². The fourth-order valence-electron chi connectivity index (χ4n) is 2.98. The second kappa shape index (κ2) is 8.01. The van der Waals surface area contributed by atoms with Crippen molar-refractivity contribution in [3.63, 3.8) is 0 Å². The molecule has 1 atom stereocenters. The summed E-state index contributed by atoms with van der Waals surface area (Å²) in [5.74, 6) is -0.817. The lowest BCUT2D eigenvalue weighted by molar-refractivity contribution is -0.129. The third kappa shape index (κ3) is 4.50. The molecule has 0 radical (unpaired) electrons. The minimum atomic E-state index is -0.860. The van der Waals surface area contributed by atoms with E-state index in [-0.39, 0.29) is 11.7 Å². The van der Waals surface area contributed by atoms with Crippen molar-refractivity contribution in [1.82, 2.24) is 5.32 Å². The summed E-state index contributed by atoms with van der Waals surface area (Å²) in [7, 11) is 0. The lowest BCUT2D eigenvalue weighted by Gasteiger charge is -2.15. The minimum Gasteiger partial charge on any atom is -0.449 e. The van der Waals surface area contributed by atoms with Crippen molar-refractivity contribution >= 4 is 22.8 Å². The fraction of sp³-hybridized carbons (Fsp3) is 0.400. The second-order valence-electron chi connectivity index (χ2n) is 6.35. The van der Waals surface area contributed by atoms with Crippen LogP contribution in [0.5, 0.6) is 0 Å². The Bertz CT molecular complexity index is 757. The van der Waals surface area contributed by atoms with Gasteiger partial charge in [-0.2, -0.15) is 0 Å². The van der Waals surface area contributed by atoms with Gasteiger partial charge in [0.05, 0.1) is 0 Å². The molecule has 1 heterocycles. The molecule has 1 aliphatic carbocycles. The van der Waals surface area contributed by atoms with Crippen molar-refractivity contribution in [2.75, 3.05) is 6.54 Å². The molecule has 3 rings (SSSR count). The Labute approximate surface area is 147 Å². The molecular formula is C20H23NO4. The molecule has 0 aliphatic heterocycles. The Balaban J connectivity index is 1.48. The molecule has 0 unspecified atom stereocenters. The quantitative estimate of drug-likeness (QED) is 0.637. The van der Waals surface area contributed by atoms with Gasteiger partial charge in [-0.3, -0.25) is 4.79 Å². The highest BCUT2D eigenvalue weighted by molar-refractivity contribution is 5.94. The van der Waals surface area contributed by atoms with Crippen molar-refractivity contribution < 1.29 is 18.7 Å². The van der Waals surface area contributed by atoms with Gasteiger partial charge in [-0.25, -0.2) is 4.79 Å². The molecule has 1 aromatic carbocycles. The van der Waals surface area contributed by atoms with E-state index in [0.29, 0.717) is 12.1 Å². The summed E-state index contributed by atoms with van der Waals surface area (Å²) in [4.78, 5) is 24.2. The van der Waals surface area contributed by atoms with E-state index in [4.69, 9.17) is 9.15 Å². The molecule has 1 N–H and O–H groups in total. The molecule has 0 saturated carbocycles. The van der Waals surface area contributed by atoms with Crippen LogP contribution in [0.15, 0.2) is 46.4 Å². The number of hydrogen-bond acceptors (Lipinski definition) is 4. The standard InChI is InChI=1S/C20H23NO4/c1-14(19(22)21-12-11-15-7-3-2-4-8-15)24-20(23)18-13-16-9-5-6-10-17(16)25-18/h5-7,9-10,13-14H,2-4,8,11-12H2,1H3,(H,21,22)/t14-/m0/s1. The van der Waals surface area contributed by atoms with E-state index in [1.165, 1.54) is 18.4 Å². The zero-order chi connectivity index (χ0) is 17.6. The van der Waals surface area contributed by atoms with Gasteiger partial charge in [0.1, 0.15) is 5.58 Å². The van der Waals surface area contributed by atoms with E-state index in [1.807, 2.05) is 18.2 Å². The fourth-order valence-corrected chi connectivity index (χ4v) is 2.98. The van der Waals surface area contributed by atoms with E-state index in [9.17, 15) is 9.59 Å². The van der Waals surface area contributed by atoms with Gasteiger partial charge < -0.3 is 14.5 Å². The van der Waals surface area contributed by atoms with E-state index in [0.717, 1.165) is 24.6 Å². The molecule has 0 saturated heterocycles. The first-order chi connectivity index (χ1) is 12.1. The number of allylic oxidation sites excluding steroid dienone is 1. The molecule has 2 aromatic rings. The summed E-state index contributed by atoms with van der Waals surface area (Å²) in [6.07, 6.45) is 6.99. The van der Waals surface area contributed by atoms with Crippen LogP contribution < -0.4 is 5.32 Å². The third-order valence-corrected chi connectivity index (χ3v) is 4.41. The van der Waals surface area contributed by atoms with Crippen LogP contribution in [0.25, 0.3) is 11.0 Å². The van der Waals surface area contributed by atoms with Gasteiger partial charge >= 0.3 is 5.97 Å². The number of para-hydroxylation sites is 1. The maximum Gasteiger partial charge on any atom is 0.375 e. The zero-order valence-corrected chi connectivity index (χ0v) is 14.4. The number of fused-ring (bicyclic) bond motifs is 1. The Morgan fingerprint density at radius 3 is 2.88 bits per heavy atom. The lowest BCUT2D eigenvalue weighted by Crippen LogP contribution is -2.36. The van der Waals surface area contributed by atoms with Gasteiger partial charge in [-0.05, 0) is 51.2 Å². The van der Waals surface area contributed by atoms with E-state index >= 15 is 0 Å². The van der Waals surface area contributed by atoms with Crippen molar-refractivity contribution in [3.8, 4) is 0 Å². The van der Waals surface area contributed by atoms with Crippen molar-refractivity contribution in [3.05, 3.63) is 47.7 Å². The molecule has 132 valence electrons. The van der Waals surface area contributed by atoms with Crippen LogP contribution in [0, 0.1) is 0 Å². The van der Waals surface area contributed by atoms with Crippen LogP contribution in [0.4, 0.5) is 0 Å². The molecule has 5 nitrogen and oxygen atoms in total. The highest BCUT2D eigenvalue weighted by atomic mass is 16.6. The number of carbonyl (C=O) groups excluding carboxylic acids is 2. The summed E-state index contributed by atoms with van der Waals surface area (Å²) in [5, 5.41) is 3.65. The smallest absolute Gasteiger partial charge is 0.375 e. The maximum absolute atomic E-state index is 12.1. The largest absolute Gasteiger partial charge is 0.449 e. The molecule has 1 aromatic heterocycles. The predicted molar refractivity (Wildman–Crippen MR) is 95.3 cm³/mol. The summed E-state index contributed by atoms with van der Waals surface area (Å²) < 4.78 is 10.7. The Morgan fingerprint density at radius 1 is 1.28 bits per heavy atom. The van der Waals surface area contributed by atoms with Crippen LogP contribution in [-0.2, 0) is 9.53 Å². The van der Waals surface area contributed by atoms with Crippen LogP contribution in [0.1, 0.15) is 49.6 Å². The summed E-state index contributed by atoms with van der Waals surface area (Å²) in [5.41, 5.74) is 2.02. The number of ether oxygens (including phenoxy) is 1. The van der Waals surface area contributed by atoms with E-state index < -0.39 is 12.1 Å². The molecule has 0 fully saturated rings. The van der Waals surface area contributed by atoms with Crippen molar-refractivity contribution in [2.24, 2.45) is 0 Å². The van der Waals surface area contributed by atoms with Crippen molar-refractivity contribution in [2.45, 2.75) is 45.1 Å². The SMILES string of the molecule is C[C@H](OC(=O)c1cc2ccccc2o1)C(=O)NCCC1=CCCCC1.